The molecule has 1 heterocycles. The Morgan fingerprint density at radius 1 is 1.67 bits per heavy atom. The van der Waals surface area contributed by atoms with Crippen LogP contribution in [0.25, 0.3) is 0 Å². The molecule has 0 saturated heterocycles. The zero-order valence-corrected chi connectivity index (χ0v) is 11.5. The van der Waals surface area contributed by atoms with Gasteiger partial charge in [-0.2, -0.15) is 0 Å². The number of aliphatic hydroxyl groups excluding tert-OH is 1. The van der Waals surface area contributed by atoms with Crippen LogP contribution in [0.5, 0.6) is 0 Å². The molecule has 1 rings (SSSR count). The highest BCUT2D eigenvalue weighted by Crippen LogP contribution is 2.29. The zero-order valence-electron chi connectivity index (χ0n) is 8.32. The van der Waals surface area contributed by atoms with Gasteiger partial charge < -0.3 is 5.11 Å². The van der Waals surface area contributed by atoms with Crippen molar-refractivity contribution in [1.29, 1.82) is 0 Å². The van der Waals surface area contributed by atoms with Crippen molar-refractivity contribution >= 4 is 37.3 Å². The molecule has 0 aliphatic heterocycles. The van der Waals surface area contributed by atoms with Gasteiger partial charge in [-0.15, -0.1) is 11.3 Å². The molecule has 0 aliphatic carbocycles. The predicted octanol–water partition coefficient (Wildman–Crippen LogP) is 1.48. The Morgan fingerprint density at radius 3 is 2.67 bits per heavy atom. The quantitative estimate of drug-likeness (QED) is 0.884. The fourth-order valence-electron chi connectivity index (χ4n) is 1.01. The first-order valence-electron chi connectivity index (χ1n) is 4.26. The molecule has 86 valence electrons. The fourth-order valence-corrected chi connectivity index (χ4v) is 4.54. The van der Waals surface area contributed by atoms with Gasteiger partial charge in [0.15, 0.2) is 0 Å². The van der Waals surface area contributed by atoms with Gasteiger partial charge >= 0.3 is 0 Å². The summed E-state index contributed by atoms with van der Waals surface area (Å²) in [7, 11) is -3.49. The Balaban J connectivity index is 2.91. The van der Waals surface area contributed by atoms with Gasteiger partial charge in [-0.25, -0.2) is 13.1 Å². The van der Waals surface area contributed by atoms with E-state index in [4.69, 9.17) is 5.11 Å². The molecule has 0 unspecified atom stereocenters. The number of hydrogen-bond acceptors (Lipinski definition) is 4. The molecule has 15 heavy (non-hydrogen) atoms. The van der Waals surface area contributed by atoms with Crippen LogP contribution in [0, 0.1) is 6.92 Å². The maximum Gasteiger partial charge on any atom is 0.241 e. The minimum Gasteiger partial charge on any atom is -0.392 e. The summed E-state index contributed by atoms with van der Waals surface area (Å²) in [6, 6.07) is 1.56. The second-order valence-corrected chi connectivity index (χ2v) is 7.54. The Kier molecular flexibility index (Phi) is 4.30. The first-order valence-corrected chi connectivity index (χ1v) is 7.36. The van der Waals surface area contributed by atoms with E-state index in [1.165, 1.54) is 18.3 Å². The average molecular weight is 314 g/mol. The molecular formula is C8H12BrNO3S2. The molecule has 0 radical (unpaired) electrons. The molecule has 0 aromatic carbocycles. The smallest absolute Gasteiger partial charge is 0.241 e. The van der Waals surface area contributed by atoms with Crippen molar-refractivity contribution in [3.63, 3.8) is 0 Å². The molecule has 1 aromatic heterocycles. The molecule has 0 amide bonds. The summed E-state index contributed by atoms with van der Waals surface area (Å²) in [5, 5.41) is 9.00. The molecule has 0 bridgehead atoms. The van der Waals surface area contributed by atoms with Crippen molar-refractivity contribution in [3.05, 3.63) is 14.7 Å². The van der Waals surface area contributed by atoms with E-state index in [-0.39, 0.29) is 11.4 Å². The van der Waals surface area contributed by atoms with Gasteiger partial charge in [-0.05, 0) is 35.8 Å². The van der Waals surface area contributed by atoms with Crippen LogP contribution in [0.15, 0.2) is 14.7 Å². The van der Waals surface area contributed by atoms with Gasteiger partial charge in [-0.3, -0.25) is 0 Å². The van der Waals surface area contributed by atoms with E-state index >= 15 is 0 Å². The lowest BCUT2D eigenvalue weighted by Gasteiger charge is -2.07. The lowest BCUT2D eigenvalue weighted by atomic mass is 10.4. The molecule has 0 aliphatic rings. The Hall–Kier alpha value is 0.0500. The topological polar surface area (TPSA) is 66.4 Å². The van der Waals surface area contributed by atoms with Crippen LogP contribution in [0.2, 0.25) is 0 Å². The zero-order chi connectivity index (χ0) is 11.6. The normalized spacial score (nSPS) is 14.1. The van der Waals surface area contributed by atoms with Gasteiger partial charge in [0.25, 0.3) is 0 Å². The number of sulfonamides is 1. The standard InChI is InChI=1S/C8H12BrNO3S2/c1-5(11)4-10-15(12,13)7-3-8(9)14-6(7)2/h3,5,10-11H,4H2,1-2H3/t5-/m0/s1. The lowest BCUT2D eigenvalue weighted by Crippen LogP contribution is -2.30. The summed E-state index contributed by atoms with van der Waals surface area (Å²) >= 11 is 4.60. The molecule has 0 spiro atoms. The number of rotatable bonds is 4. The van der Waals surface area contributed by atoms with Crippen LogP contribution >= 0.6 is 27.3 Å². The van der Waals surface area contributed by atoms with E-state index in [9.17, 15) is 8.42 Å². The number of aryl methyl sites for hydroxylation is 1. The molecule has 1 aromatic rings. The maximum absolute atomic E-state index is 11.7. The lowest BCUT2D eigenvalue weighted by molar-refractivity contribution is 0.198. The van der Waals surface area contributed by atoms with Gasteiger partial charge in [0, 0.05) is 11.4 Å². The number of halogens is 1. The average Bonchev–Trinajstić information content (AvgIpc) is 2.43. The van der Waals surface area contributed by atoms with Crippen LogP contribution in [0.4, 0.5) is 0 Å². The Labute approximate surface area is 102 Å². The van der Waals surface area contributed by atoms with Gasteiger partial charge in [0.05, 0.1) is 14.8 Å². The van der Waals surface area contributed by atoms with Crippen LogP contribution in [-0.4, -0.2) is 26.2 Å². The second-order valence-electron chi connectivity index (χ2n) is 3.17. The summed E-state index contributed by atoms with van der Waals surface area (Å²) in [5.41, 5.74) is 0. The summed E-state index contributed by atoms with van der Waals surface area (Å²) in [4.78, 5) is 0.986. The van der Waals surface area contributed by atoms with Crippen molar-refractivity contribution < 1.29 is 13.5 Å². The molecule has 0 fully saturated rings. The van der Waals surface area contributed by atoms with Crippen LogP contribution in [0.1, 0.15) is 11.8 Å². The summed E-state index contributed by atoms with van der Waals surface area (Å²) in [5.74, 6) is 0. The van der Waals surface area contributed by atoms with E-state index in [1.54, 1.807) is 13.0 Å². The highest BCUT2D eigenvalue weighted by atomic mass is 79.9. The van der Waals surface area contributed by atoms with E-state index in [0.29, 0.717) is 0 Å². The molecule has 2 N–H and O–H groups in total. The SMILES string of the molecule is Cc1sc(Br)cc1S(=O)(=O)NC[C@H](C)O. The van der Waals surface area contributed by atoms with Gasteiger partial charge in [0.2, 0.25) is 10.0 Å². The van der Waals surface area contributed by atoms with Crippen LogP contribution < -0.4 is 4.72 Å². The van der Waals surface area contributed by atoms with E-state index in [1.807, 2.05) is 0 Å². The van der Waals surface area contributed by atoms with Crippen molar-refractivity contribution in [2.45, 2.75) is 24.8 Å². The monoisotopic (exact) mass is 313 g/mol. The minimum absolute atomic E-state index is 0.0231. The third-order valence-electron chi connectivity index (χ3n) is 1.70. The molecular weight excluding hydrogens is 302 g/mol. The van der Waals surface area contributed by atoms with Crippen LogP contribution in [-0.2, 0) is 10.0 Å². The van der Waals surface area contributed by atoms with Gasteiger partial charge in [-0.1, -0.05) is 0 Å². The molecule has 4 nitrogen and oxygen atoms in total. The highest BCUT2D eigenvalue weighted by Gasteiger charge is 2.19. The summed E-state index contributed by atoms with van der Waals surface area (Å²) in [6.07, 6.45) is -0.692. The molecule has 7 heteroatoms. The van der Waals surface area contributed by atoms with E-state index in [2.05, 4.69) is 20.7 Å². The second kappa shape index (κ2) is 4.92. The number of hydrogen-bond donors (Lipinski definition) is 2. The Bertz CT molecular complexity index is 439. The fraction of sp³-hybridized carbons (Fsp3) is 0.500. The van der Waals surface area contributed by atoms with E-state index in [0.717, 1.165) is 8.66 Å². The third kappa shape index (κ3) is 3.53. The van der Waals surface area contributed by atoms with Crippen molar-refractivity contribution in [3.8, 4) is 0 Å². The summed E-state index contributed by atoms with van der Waals surface area (Å²) < 4.78 is 26.6. The first kappa shape index (κ1) is 13.1. The number of thiophene rings is 1. The summed E-state index contributed by atoms with van der Waals surface area (Å²) in [6.45, 7) is 3.29. The largest absolute Gasteiger partial charge is 0.392 e. The predicted molar refractivity (Wildman–Crippen MR) is 63.6 cm³/mol. The molecule has 0 saturated carbocycles. The van der Waals surface area contributed by atoms with E-state index < -0.39 is 16.1 Å². The maximum atomic E-state index is 11.7. The third-order valence-corrected chi connectivity index (χ3v) is 4.93. The van der Waals surface area contributed by atoms with Gasteiger partial charge in [0.1, 0.15) is 0 Å². The van der Waals surface area contributed by atoms with Crippen molar-refractivity contribution in [2.75, 3.05) is 6.54 Å². The number of nitrogens with one attached hydrogen (secondary N) is 1. The minimum atomic E-state index is -3.49. The van der Waals surface area contributed by atoms with Crippen molar-refractivity contribution in [1.82, 2.24) is 4.72 Å². The number of aliphatic hydroxyl groups is 1. The van der Waals surface area contributed by atoms with Crippen molar-refractivity contribution in [2.24, 2.45) is 0 Å². The highest BCUT2D eigenvalue weighted by molar-refractivity contribution is 9.11. The molecule has 1 atom stereocenters. The Morgan fingerprint density at radius 2 is 2.27 bits per heavy atom. The first-order chi connectivity index (χ1) is 6.83. The van der Waals surface area contributed by atoms with Crippen LogP contribution in [0.3, 0.4) is 0 Å².